The first kappa shape index (κ1) is 20.9. The summed E-state index contributed by atoms with van der Waals surface area (Å²) in [5, 5.41) is 3.43. The molecule has 0 bridgehead atoms. The number of nitrogens with one attached hydrogen (secondary N) is 1. The maximum Gasteiger partial charge on any atom is 0.267 e. The van der Waals surface area contributed by atoms with Crippen LogP contribution in [0.3, 0.4) is 0 Å². The Morgan fingerprint density at radius 1 is 0.909 bits per heavy atom. The molecule has 33 heavy (non-hydrogen) atoms. The van der Waals surface area contributed by atoms with Crippen LogP contribution in [0.1, 0.15) is 35.2 Å². The average molecular weight is 439 g/mol. The summed E-state index contributed by atoms with van der Waals surface area (Å²) in [5.74, 6) is 0.408. The fraction of sp³-hybridized carbons (Fsp3) is 0.222. The summed E-state index contributed by atoms with van der Waals surface area (Å²) in [6.45, 7) is 3.70. The van der Waals surface area contributed by atoms with Crippen molar-refractivity contribution >= 4 is 28.4 Å². The van der Waals surface area contributed by atoms with Gasteiger partial charge in [0.25, 0.3) is 11.5 Å². The molecule has 1 fully saturated rings. The molecule has 1 N–H and O–H groups in total. The first-order valence-electron chi connectivity index (χ1n) is 11.4. The molecule has 166 valence electrons. The smallest absolute Gasteiger partial charge is 0.267 e. The van der Waals surface area contributed by atoms with Gasteiger partial charge in [0.2, 0.25) is 5.95 Å². The maximum atomic E-state index is 13.6. The van der Waals surface area contributed by atoms with Gasteiger partial charge in [-0.25, -0.2) is 9.55 Å². The molecule has 4 aromatic rings. The molecular formula is C27H26N4O2. The first-order chi connectivity index (χ1) is 16.1. The van der Waals surface area contributed by atoms with Gasteiger partial charge in [0.15, 0.2) is 0 Å². The van der Waals surface area contributed by atoms with E-state index in [9.17, 15) is 9.59 Å². The zero-order valence-electron chi connectivity index (χ0n) is 18.6. The molecule has 1 amide bonds. The zero-order chi connectivity index (χ0) is 22.8. The molecule has 2 heterocycles. The largest absolute Gasteiger partial charge is 0.342 e. The topological polar surface area (TPSA) is 67.2 Å². The molecule has 0 radical (unpaired) electrons. The highest BCUT2D eigenvalue weighted by molar-refractivity contribution is 6.06. The molecule has 5 rings (SSSR count). The number of amides is 1. The molecule has 6 nitrogen and oxygen atoms in total. The highest BCUT2D eigenvalue weighted by atomic mass is 16.1. The Labute approximate surface area is 192 Å². The summed E-state index contributed by atoms with van der Waals surface area (Å²) < 4.78 is 1.69. The lowest BCUT2D eigenvalue weighted by molar-refractivity contribution is 0.102. The van der Waals surface area contributed by atoms with Crippen LogP contribution < -0.4 is 15.8 Å². The summed E-state index contributed by atoms with van der Waals surface area (Å²) in [7, 11) is 0. The van der Waals surface area contributed by atoms with E-state index < -0.39 is 0 Å². The van der Waals surface area contributed by atoms with Crippen LogP contribution in [0.25, 0.3) is 16.6 Å². The highest BCUT2D eigenvalue weighted by Gasteiger charge is 2.21. The van der Waals surface area contributed by atoms with Crippen LogP contribution >= 0.6 is 0 Å². The minimum absolute atomic E-state index is 0.127. The van der Waals surface area contributed by atoms with Crippen molar-refractivity contribution in [3.8, 4) is 5.69 Å². The lowest BCUT2D eigenvalue weighted by atomic mass is 10.1. The number of benzene rings is 3. The first-order valence-corrected chi connectivity index (χ1v) is 11.4. The van der Waals surface area contributed by atoms with Gasteiger partial charge in [-0.05, 0) is 74.2 Å². The summed E-state index contributed by atoms with van der Waals surface area (Å²) in [6.07, 6.45) is 3.33. The SMILES string of the molecule is Cc1cccc(NC(=O)c2ccc3c(=O)n(-c4ccccc4)c(N4CCCCC4)nc3c2)c1. The van der Waals surface area contributed by atoms with E-state index in [0.29, 0.717) is 22.4 Å². The average Bonchev–Trinajstić information content (AvgIpc) is 2.84. The maximum absolute atomic E-state index is 13.6. The predicted octanol–water partition coefficient (Wildman–Crippen LogP) is 4.94. The second-order valence-electron chi connectivity index (χ2n) is 8.49. The molecule has 0 aliphatic carbocycles. The van der Waals surface area contributed by atoms with E-state index in [1.54, 1.807) is 22.8 Å². The number of aryl methyl sites for hydroxylation is 1. The second kappa shape index (κ2) is 8.90. The molecule has 6 heteroatoms. The summed E-state index contributed by atoms with van der Waals surface area (Å²) >= 11 is 0. The lowest BCUT2D eigenvalue weighted by Crippen LogP contribution is -2.36. The predicted molar refractivity (Wildman–Crippen MR) is 133 cm³/mol. The molecule has 1 aromatic heterocycles. The summed E-state index contributed by atoms with van der Waals surface area (Å²) in [6, 6.07) is 22.4. The van der Waals surface area contributed by atoms with Crippen molar-refractivity contribution in [1.29, 1.82) is 0 Å². The van der Waals surface area contributed by atoms with Gasteiger partial charge in [-0.15, -0.1) is 0 Å². The fourth-order valence-electron chi connectivity index (χ4n) is 4.36. The van der Waals surface area contributed by atoms with E-state index in [1.807, 2.05) is 61.5 Å². The van der Waals surface area contributed by atoms with Crippen molar-refractivity contribution in [2.24, 2.45) is 0 Å². The van der Waals surface area contributed by atoms with Crippen molar-refractivity contribution in [2.75, 3.05) is 23.3 Å². The van der Waals surface area contributed by atoms with Crippen molar-refractivity contribution in [3.05, 3.63) is 94.3 Å². The molecule has 1 aliphatic heterocycles. The van der Waals surface area contributed by atoms with Crippen LogP contribution in [0.2, 0.25) is 0 Å². The second-order valence-corrected chi connectivity index (χ2v) is 8.49. The molecular weight excluding hydrogens is 412 g/mol. The van der Waals surface area contributed by atoms with Crippen molar-refractivity contribution in [1.82, 2.24) is 9.55 Å². The molecule has 1 aliphatic rings. The normalized spacial score (nSPS) is 13.8. The van der Waals surface area contributed by atoms with Crippen LogP contribution in [-0.4, -0.2) is 28.5 Å². The summed E-state index contributed by atoms with van der Waals surface area (Å²) in [4.78, 5) is 33.6. The Kier molecular flexibility index (Phi) is 5.65. The minimum Gasteiger partial charge on any atom is -0.342 e. The monoisotopic (exact) mass is 438 g/mol. The number of hydrogen-bond acceptors (Lipinski definition) is 4. The number of fused-ring (bicyclic) bond motifs is 1. The Morgan fingerprint density at radius 2 is 1.70 bits per heavy atom. The van der Waals surface area contributed by atoms with E-state index in [-0.39, 0.29) is 11.5 Å². The van der Waals surface area contributed by atoms with Gasteiger partial charge in [-0.3, -0.25) is 9.59 Å². The van der Waals surface area contributed by atoms with E-state index in [2.05, 4.69) is 10.2 Å². The van der Waals surface area contributed by atoms with Crippen LogP contribution in [-0.2, 0) is 0 Å². The van der Waals surface area contributed by atoms with Crippen LogP contribution in [0.5, 0.6) is 0 Å². The lowest BCUT2D eigenvalue weighted by Gasteiger charge is -2.30. The quantitative estimate of drug-likeness (QED) is 0.490. The van der Waals surface area contributed by atoms with E-state index in [1.165, 1.54) is 6.42 Å². The number of carbonyl (C=O) groups excluding carboxylic acids is 1. The van der Waals surface area contributed by atoms with Gasteiger partial charge in [0.05, 0.1) is 16.6 Å². The Bertz CT molecular complexity index is 1370. The molecule has 1 saturated heterocycles. The van der Waals surface area contributed by atoms with Gasteiger partial charge >= 0.3 is 0 Å². The van der Waals surface area contributed by atoms with Crippen molar-refractivity contribution in [2.45, 2.75) is 26.2 Å². The van der Waals surface area contributed by atoms with E-state index in [4.69, 9.17) is 4.98 Å². The van der Waals surface area contributed by atoms with Crippen molar-refractivity contribution < 1.29 is 4.79 Å². The van der Waals surface area contributed by atoms with Crippen LogP contribution in [0.15, 0.2) is 77.6 Å². The molecule has 0 unspecified atom stereocenters. The zero-order valence-corrected chi connectivity index (χ0v) is 18.6. The minimum atomic E-state index is -0.226. The number of aromatic nitrogens is 2. The van der Waals surface area contributed by atoms with E-state index >= 15 is 0 Å². The number of carbonyl (C=O) groups is 1. The van der Waals surface area contributed by atoms with Gasteiger partial charge in [0.1, 0.15) is 0 Å². The third-order valence-corrected chi connectivity index (χ3v) is 6.04. The number of nitrogens with zero attached hydrogens (tertiary/aromatic N) is 3. The Hall–Kier alpha value is -3.93. The van der Waals surface area contributed by atoms with Gasteiger partial charge in [-0.2, -0.15) is 0 Å². The fourth-order valence-corrected chi connectivity index (χ4v) is 4.36. The standard InChI is InChI=1S/C27H26N4O2/c1-19-9-8-10-21(17-19)28-25(32)20-13-14-23-24(18-20)29-27(30-15-6-3-7-16-30)31(26(23)33)22-11-4-2-5-12-22/h2,4-5,8-14,17-18H,3,6-7,15-16H2,1H3,(H,28,32). The number of rotatable bonds is 4. The Balaban J connectivity index is 1.60. The number of anilines is 2. The third-order valence-electron chi connectivity index (χ3n) is 6.04. The van der Waals surface area contributed by atoms with E-state index in [0.717, 1.165) is 42.9 Å². The third kappa shape index (κ3) is 4.24. The Morgan fingerprint density at radius 3 is 2.45 bits per heavy atom. The molecule has 3 aromatic carbocycles. The van der Waals surface area contributed by atoms with Crippen molar-refractivity contribution in [3.63, 3.8) is 0 Å². The van der Waals surface area contributed by atoms with Gasteiger partial charge < -0.3 is 10.2 Å². The van der Waals surface area contributed by atoms with Gasteiger partial charge in [-0.1, -0.05) is 30.3 Å². The molecule has 0 spiro atoms. The number of para-hydroxylation sites is 1. The molecule has 0 saturated carbocycles. The molecule has 0 atom stereocenters. The number of piperidine rings is 1. The summed E-state index contributed by atoms with van der Waals surface area (Å²) in [5.41, 5.74) is 3.47. The van der Waals surface area contributed by atoms with Crippen LogP contribution in [0, 0.1) is 6.92 Å². The highest BCUT2D eigenvalue weighted by Crippen LogP contribution is 2.23. The number of hydrogen-bond donors (Lipinski definition) is 1. The van der Waals surface area contributed by atoms with Crippen LogP contribution in [0.4, 0.5) is 11.6 Å². The van der Waals surface area contributed by atoms with Gasteiger partial charge in [0, 0.05) is 24.3 Å².